The Balaban J connectivity index is 0.00000208. The van der Waals surface area contributed by atoms with Gasteiger partial charge in [-0.15, -0.1) is 34.2 Å². The Bertz CT molecular complexity index is 539. The average molecular weight is 463 g/mol. The number of hydrogen-bond acceptors (Lipinski definition) is 4. The van der Waals surface area contributed by atoms with Gasteiger partial charge in [-0.3, -0.25) is 4.99 Å². The number of aliphatic imine (C=N–C) groups is 1. The smallest absolute Gasteiger partial charge is 0.191 e. The van der Waals surface area contributed by atoms with E-state index in [0.717, 1.165) is 27.8 Å². The molecule has 2 aliphatic rings. The summed E-state index contributed by atoms with van der Waals surface area (Å²) in [7, 11) is 1.84. The molecule has 2 atom stereocenters. The third-order valence-electron chi connectivity index (χ3n) is 5.02. The minimum absolute atomic E-state index is 0. The summed E-state index contributed by atoms with van der Waals surface area (Å²) in [6, 6.07) is 0.616. The molecular weight excluding hydrogens is 433 g/mol. The molecule has 1 heterocycles. The molecule has 2 unspecified atom stereocenters. The van der Waals surface area contributed by atoms with E-state index in [1.54, 1.807) is 11.3 Å². The normalized spacial score (nSPS) is 24.6. The number of halogens is 1. The van der Waals surface area contributed by atoms with Crippen molar-refractivity contribution in [3.05, 3.63) is 10.0 Å². The van der Waals surface area contributed by atoms with Gasteiger partial charge < -0.3 is 10.6 Å². The maximum atomic E-state index is 4.36. The molecule has 0 bridgehead atoms. The van der Waals surface area contributed by atoms with Crippen molar-refractivity contribution in [1.29, 1.82) is 0 Å². The Morgan fingerprint density at radius 3 is 2.62 bits per heavy atom. The molecule has 7 heteroatoms. The number of hydrogen-bond donors (Lipinski definition) is 2. The van der Waals surface area contributed by atoms with Crippen LogP contribution in [-0.4, -0.2) is 29.2 Å². The molecule has 2 N–H and O–H groups in total. The quantitative estimate of drug-likeness (QED) is 0.395. The first-order valence-corrected chi connectivity index (χ1v) is 9.78. The van der Waals surface area contributed by atoms with E-state index in [0.29, 0.717) is 18.5 Å². The predicted molar refractivity (Wildman–Crippen MR) is 111 cm³/mol. The molecule has 2 saturated carbocycles. The van der Waals surface area contributed by atoms with Crippen molar-refractivity contribution < 1.29 is 0 Å². The van der Waals surface area contributed by atoms with Gasteiger partial charge in [-0.25, -0.2) is 0 Å². The topological polar surface area (TPSA) is 62.2 Å². The molecule has 3 rings (SSSR count). The van der Waals surface area contributed by atoms with Gasteiger partial charge in [-0.2, -0.15) is 0 Å². The van der Waals surface area contributed by atoms with Gasteiger partial charge in [0.25, 0.3) is 0 Å². The fourth-order valence-electron chi connectivity index (χ4n) is 3.56. The van der Waals surface area contributed by atoms with E-state index < -0.39 is 0 Å². The Kier molecular flexibility index (Phi) is 7.71. The van der Waals surface area contributed by atoms with E-state index in [2.05, 4.69) is 39.7 Å². The van der Waals surface area contributed by atoms with Gasteiger partial charge in [-0.05, 0) is 18.3 Å². The Labute approximate surface area is 166 Å². The summed E-state index contributed by atoms with van der Waals surface area (Å²) in [6.07, 6.45) is 8.45. The molecule has 0 saturated heterocycles. The summed E-state index contributed by atoms with van der Waals surface area (Å²) >= 11 is 1.68. The van der Waals surface area contributed by atoms with Gasteiger partial charge in [0, 0.05) is 19.0 Å². The summed E-state index contributed by atoms with van der Waals surface area (Å²) in [5.74, 6) is 3.15. The number of nitrogens with one attached hydrogen (secondary N) is 2. The van der Waals surface area contributed by atoms with Crippen LogP contribution in [-0.2, 0) is 6.54 Å². The highest BCUT2D eigenvalue weighted by Gasteiger charge is 2.43. The second-order valence-corrected chi connectivity index (χ2v) is 8.26. The predicted octanol–water partition coefficient (Wildman–Crippen LogP) is 3.91. The van der Waals surface area contributed by atoms with Crippen LogP contribution in [0.3, 0.4) is 0 Å². The van der Waals surface area contributed by atoms with Crippen molar-refractivity contribution >= 4 is 41.3 Å². The molecule has 0 amide bonds. The van der Waals surface area contributed by atoms with Crippen LogP contribution in [0.15, 0.2) is 4.99 Å². The van der Waals surface area contributed by atoms with Crippen LogP contribution >= 0.6 is 35.3 Å². The summed E-state index contributed by atoms with van der Waals surface area (Å²) in [4.78, 5) is 4.36. The Morgan fingerprint density at radius 2 is 2.00 bits per heavy atom. The molecule has 136 valence electrons. The molecule has 0 aromatic carbocycles. The zero-order chi connectivity index (χ0) is 16.2. The number of rotatable bonds is 5. The van der Waals surface area contributed by atoms with Gasteiger partial charge in [0.05, 0.1) is 6.54 Å². The van der Waals surface area contributed by atoms with Crippen molar-refractivity contribution in [2.45, 2.75) is 70.9 Å². The SMILES string of the molecule is CN=C(NCc1nnc(C(C)C)s1)NC1CC1C1CCCCC1.I. The van der Waals surface area contributed by atoms with Crippen LogP contribution in [0.4, 0.5) is 0 Å². The van der Waals surface area contributed by atoms with Crippen molar-refractivity contribution in [3.8, 4) is 0 Å². The molecule has 0 spiro atoms. The maximum Gasteiger partial charge on any atom is 0.191 e. The molecule has 0 aliphatic heterocycles. The van der Waals surface area contributed by atoms with Gasteiger partial charge in [0.15, 0.2) is 5.96 Å². The average Bonchev–Trinajstić information content (AvgIpc) is 3.17. The third kappa shape index (κ3) is 5.28. The Hall–Kier alpha value is -0.440. The molecular formula is C17H30IN5S. The Morgan fingerprint density at radius 1 is 1.25 bits per heavy atom. The van der Waals surface area contributed by atoms with E-state index >= 15 is 0 Å². The lowest BCUT2D eigenvalue weighted by Gasteiger charge is -2.22. The van der Waals surface area contributed by atoms with E-state index in [1.807, 2.05) is 7.05 Å². The fraction of sp³-hybridized carbons (Fsp3) is 0.824. The molecule has 24 heavy (non-hydrogen) atoms. The first kappa shape index (κ1) is 19.9. The number of guanidine groups is 1. The molecule has 1 aromatic rings. The van der Waals surface area contributed by atoms with E-state index in [-0.39, 0.29) is 24.0 Å². The van der Waals surface area contributed by atoms with Gasteiger partial charge in [0.1, 0.15) is 10.0 Å². The largest absolute Gasteiger partial charge is 0.353 e. The standard InChI is InChI=1S/C17H29N5S.HI/c1-11(2)16-22-21-15(23-16)10-19-17(18-3)20-14-9-13(14)12-7-5-4-6-8-12;/h11-14H,4-10H2,1-3H3,(H2,18,19,20);1H. The van der Waals surface area contributed by atoms with Gasteiger partial charge in [-0.1, -0.05) is 57.3 Å². The highest BCUT2D eigenvalue weighted by molar-refractivity contribution is 14.0. The van der Waals surface area contributed by atoms with Crippen molar-refractivity contribution in [1.82, 2.24) is 20.8 Å². The summed E-state index contributed by atoms with van der Waals surface area (Å²) in [6.45, 7) is 5.00. The highest BCUT2D eigenvalue weighted by Crippen LogP contribution is 2.44. The second-order valence-electron chi connectivity index (χ2n) is 7.16. The zero-order valence-electron chi connectivity index (χ0n) is 14.9. The third-order valence-corrected chi connectivity index (χ3v) is 6.25. The van der Waals surface area contributed by atoms with Crippen LogP contribution in [0.2, 0.25) is 0 Å². The van der Waals surface area contributed by atoms with Crippen LogP contribution in [0.25, 0.3) is 0 Å². The van der Waals surface area contributed by atoms with Crippen LogP contribution in [0.1, 0.15) is 68.3 Å². The monoisotopic (exact) mass is 463 g/mol. The lowest BCUT2D eigenvalue weighted by atomic mass is 9.85. The van der Waals surface area contributed by atoms with E-state index in [9.17, 15) is 0 Å². The summed E-state index contributed by atoms with van der Waals surface area (Å²) < 4.78 is 0. The van der Waals surface area contributed by atoms with Gasteiger partial charge >= 0.3 is 0 Å². The maximum absolute atomic E-state index is 4.36. The van der Waals surface area contributed by atoms with E-state index in [1.165, 1.54) is 38.5 Å². The van der Waals surface area contributed by atoms with Gasteiger partial charge in [0.2, 0.25) is 0 Å². The van der Waals surface area contributed by atoms with Crippen LogP contribution in [0.5, 0.6) is 0 Å². The molecule has 0 radical (unpaired) electrons. The zero-order valence-corrected chi connectivity index (χ0v) is 18.1. The van der Waals surface area contributed by atoms with Crippen molar-refractivity contribution in [2.24, 2.45) is 16.8 Å². The lowest BCUT2D eigenvalue weighted by molar-refractivity contribution is 0.315. The van der Waals surface area contributed by atoms with Crippen LogP contribution < -0.4 is 10.6 Å². The first-order chi connectivity index (χ1) is 11.2. The minimum Gasteiger partial charge on any atom is -0.353 e. The summed E-state index contributed by atoms with van der Waals surface area (Å²) in [5.41, 5.74) is 0. The fourth-order valence-corrected chi connectivity index (χ4v) is 4.35. The molecule has 5 nitrogen and oxygen atoms in total. The van der Waals surface area contributed by atoms with E-state index in [4.69, 9.17) is 0 Å². The highest BCUT2D eigenvalue weighted by atomic mass is 127. The number of aromatic nitrogens is 2. The second kappa shape index (κ2) is 9.31. The minimum atomic E-state index is 0. The van der Waals surface area contributed by atoms with Crippen LogP contribution in [0, 0.1) is 11.8 Å². The molecule has 2 fully saturated rings. The van der Waals surface area contributed by atoms with Crippen molar-refractivity contribution in [2.75, 3.05) is 7.05 Å². The van der Waals surface area contributed by atoms with Crippen molar-refractivity contribution in [3.63, 3.8) is 0 Å². The molecule has 2 aliphatic carbocycles. The molecule has 1 aromatic heterocycles. The first-order valence-electron chi connectivity index (χ1n) is 8.97. The number of nitrogens with zero attached hydrogens (tertiary/aromatic N) is 3. The lowest BCUT2D eigenvalue weighted by Crippen LogP contribution is -2.39. The summed E-state index contributed by atoms with van der Waals surface area (Å²) in [5, 5.41) is 17.6.